The van der Waals surface area contributed by atoms with E-state index in [-0.39, 0.29) is 18.5 Å². The second-order valence-corrected chi connectivity index (χ2v) is 5.44. The van der Waals surface area contributed by atoms with E-state index in [0.717, 1.165) is 12.0 Å². The number of hydrogen-bond donors (Lipinski definition) is 0. The van der Waals surface area contributed by atoms with Crippen LogP contribution in [0, 0.1) is 17.2 Å². The predicted molar refractivity (Wildman–Crippen MR) is 91.0 cm³/mol. The molecule has 24 heavy (non-hydrogen) atoms. The molecule has 0 saturated heterocycles. The topological polar surface area (TPSA) is 74.8 Å². The summed E-state index contributed by atoms with van der Waals surface area (Å²) in [6.45, 7) is 4.07. The summed E-state index contributed by atoms with van der Waals surface area (Å²) in [4.78, 5) is 11.6. The number of hydrogen-bond acceptors (Lipinski definition) is 5. The smallest absolute Gasteiger partial charge is 0.308 e. The van der Waals surface area contributed by atoms with E-state index in [1.54, 1.807) is 24.3 Å². The first kappa shape index (κ1) is 17.4. The highest BCUT2D eigenvalue weighted by molar-refractivity contribution is 5.71. The number of azo groups is 1. The fraction of sp³-hybridized carbons (Fsp3) is 0.263. The molecule has 0 aliphatic heterocycles. The zero-order valence-electron chi connectivity index (χ0n) is 13.8. The molecule has 0 aromatic heterocycles. The Labute approximate surface area is 141 Å². The summed E-state index contributed by atoms with van der Waals surface area (Å²) in [5.74, 6) is -0.257. The standard InChI is InChI=1S/C19H19N3O2/c1-3-14(2)19(23)24-13-16-6-10-18(11-7-16)22-21-17-8-4-15(12-20)5-9-17/h4-11,14H,3,13H2,1-2H3/b22-21+. The van der Waals surface area contributed by atoms with Crippen molar-refractivity contribution in [2.24, 2.45) is 16.1 Å². The molecule has 0 radical (unpaired) electrons. The van der Waals surface area contributed by atoms with Gasteiger partial charge in [0.25, 0.3) is 0 Å². The average Bonchev–Trinajstić information content (AvgIpc) is 2.65. The third-order valence-electron chi connectivity index (χ3n) is 3.61. The number of rotatable bonds is 6. The van der Waals surface area contributed by atoms with Crippen LogP contribution < -0.4 is 0 Å². The Hall–Kier alpha value is -3.00. The Balaban J connectivity index is 1.92. The Kier molecular flexibility index (Phi) is 6.21. The minimum atomic E-state index is -0.179. The summed E-state index contributed by atoms with van der Waals surface area (Å²) in [6, 6.07) is 16.3. The molecule has 2 aromatic carbocycles. The zero-order valence-corrected chi connectivity index (χ0v) is 13.8. The van der Waals surface area contributed by atoms with Gasteiger partial charge in [-0.1, -0.05) is 26.0 Å². The first-order valence-electron chi connectivity index (χ1n) is 7.80. The van der Waals surface area contributed by atoms with Crippen molar-refractivity contribution in [1.82, 2.24) is 0 Å². The SMILES string of the molecule is CCC(C)C(=O)OCc1ccc(/N=N/c2ccc(C#N)cc2)cc1. The van der Waals surface area contributed by atoms with Crippen molar-refractivity contribution in [3.63, 3.8) is 0 Å². The Morgan fingerprint density at radius 2 is 1.62 bits per heavy atom. The van der Waals surface area contributed by atoms with E-state index in [1.807, 2.05) is 38.1 Å². The van der Waals surface area contributed by atoms with Crippen LogP contribution in [0.5, 0.6) is 0 Å². The maximum absolute atomic E-state index is 11.6. The molecule has 0 heterocycles. The Morgan fingerprint density at radius 3 is 2.12 bits per heavy atom. The third kappa shape index (κ3) is 5.03. The van der Waals surface area contributed by atoms with Gasteiger partial charge in [0.2, 0.25) is 0 Å². The molecular formula is C19H19N3O2. The van der Waals surface area contributed by atoms with E-state index in [1.165, 1.54) is 0 Å². The third-order valence-corrected chi connectivity index (χ3v) is 3.61. The molecule has 0 amide bonds. The highest BCUT2D eigenvalue weighted by Gasteiger charge is 2.11. The molecule has 0 N–H and O–H groups in total. The second kappa shape index (κ2) is 8.59. The monoisotopic (exact) mass is 321 g/mol. The van der Waals surface area contributed by atoms with Gasteiger partial charge in [-0.2, -0.15) is 15.5 Å². The lowest BCUT2D eigenvalue weighted by Crippen LogP contribution is -2.13. The Morgan fingerprint density at radius 1 is 1.08 bits per heavy atom. The van der Waals surface area contributed by atoms with Crippen LogP contribution in [-0.2, 0) is 16.1 Å². The van der Waals surface area contributed by atoms with Gasteiger partial charge in [-0.25, -0.2) is 0 Å². The minimum absolute atomic E-state index is 0.0782. The van der Waals surface area contributed by atoms with Gasteiger partial charge in [-0.05, 0) is 48.4 Å². The molecule has 122 valence electrons. The first-order chi connectivity index (χ1) is 11.6. The van der Waals surface area contributed by atoms with E-state index in [4.69, 9.17) is 10.00 Å². The van der Waals surface area contributed by atoms with Crippen LogP contribution >= 0.6 is 0 Å². The number of ether oxygens (including phenoxy) is 1. The quantitative estimate of drug-likeness (QED) is 0.551. The number of carbonyl (C=O) groups excluding carboxylic acids is 1. The molecule has 0 aliphatic carbocycles. The van der Waals surface area contributed by atoms with Crippen LogP contribution in [0.3, 0.4) is 0 Å². The van der Waals surface area contributed by atoms with Crippen molar-refractivity contribution in [2.75, 3.05) is 0 Å². The van der Waals surface area contributed by atoms with Crippen LogP contribution in [0.25, 0.3) is 0 Å². The lowest BCUT2D eigenvalue weighted by Gasteiger charge is -2.09. The summed E-state index contributed by atoms with van der Waals surface area (Å²) >= 11 is 0. The van der Waals surface area contributed by atoms with Gasteiger partial charge < -0.3 is 4.74 Å². The molecule has 5 heteroatoms. The molecular weight excluding hydrogens is 302 g/mol. The second-order valence-electron chi connectivity index (χ2n) is 5.44. The summed E-state index contributed by atoms with van der Waals surface area (Å²) in [5.41, 5.74) is 2.88. The van der Waals surface area contributed by atoms with E-state index in [9.17, 15) is 4.79 Å². The summed E-state index contributed by atoms with van der Waals surface area (Å²) < 4.78 is 5.25. The number of esters is 1. The van der Waals surface area contributed by atoms with Crippen LogP contribution in [0.2, 0.25) is 0 Å². The van der Waals surface area contributed by atoms with E-state index >= 15 is 0 Å². The highest BCUT2D eigenvalue weighted by Crippen LogP contribution is 2.19. The molecule has 0 aliphatic rings. The largest absolute Gasteiger partial charge is 0.461 e. The number of benzene rings is 2. The summed E-state index contributed by atoms with van der Waals surface area (Å²) in [7, 11) is 0. The van der Waals surface area contributed by atoms with Gasteiger partial charge in [-0.3, -0.25) is 4.79 Å². The van der Waals surface area contributed by atoms with E-state index in [2.05, 4.69) is 16.3 Å². The van der Waals surface area contributed by atoms with Gasteiger partial charge in [0.15, 0.2) is 0 Å². The van der Waals surface area contributed by atoms with Crippen LogP contribution in [-0.4, -0.2) is 5.97 Å². The van der Waals surface area contributed by atoms with Gasteiger partial charge >= 0.3 is 5.97 Å². The molecule has 0 bridgehead atoms. The molecule has 0 fully saturated rings. The molecule has 1 atom stereocenters. The number of nitriles is 1. The first-order valence-corrected chi connectivity index (χ1v) is 7.80. The van der Waals surface area contributed by atoms with Crippen LogP contribution in [0.1, 0.15) is 31.4 Å². The van der Waals surface area contributed by atoms with Gasteiger partial charge in [0.1, 0.15) is 6.61 Å². The van der Waals surface area contributed by atoms with Crippen molar-refractivity contribution >= 4 is 17.3 Å². The van der Waals surface area contributed by atoms with Crippen molar-refractivity contribution < 1.29 is 9.53 Å². The van der Waals surface area contributed by atoms with Crippen molar-refractivity contribution in [3.8, 4) is 6.07 Å². The van der Waals surface area contributed by atoms with Crippen molar-refractivity contribution in [2.45, 2.75) is 26.9 Å². The molecule has 0 saturated carbocycles. The maximum atomic E-state index is 11.6. The Bertz CT molecular complexity index is 744. The van der Waals surface area contributed by atoms with Crippen LogP contribution in [0.4, 0.5) is 11.4 Å². The van der Waals surface area contributed by atoms with Crippen molar-refractivity contribution in [1.29, 1.82) is 5.26 Å². The fourth-order valence-electron chi connectivity index (χ4n) is 1.84. The highest BCUT2D eigenvalue weighted by atomic mass is 16.5. The lowest BCUT2D eigenvalue weighted by atomic mass is 10.1. The van der Waals surface area contributed by atoms with Crippen molar-refractivity contribution in [3.05, 3.63) is 59.7 Å². The molecule has 5 nitrogen and oxygen atoms in total. The summed E-state index contributed by atoms with van der Waals surface area (Å²) in [6.07, 6.45) is 0.771. The predicted octanol–water partition coefficient (Wildman–Crippen LogP) is 5.06. The van der Waals surface area contributed by atoms with Gasteiger partial charge in [0, 0.05) is 0 Å². The maximum Gasteiger partial charge on any atom is 0.308 e. The lowest BCUT2D eigenvalue weighted by molar-refractivity contribution is -0.149. The average molecular weight is 321 g/mol. The number of carbonyl (C=O) groups is 1. The molecule has 2 rings (SSSR count). The molecule has 1 unspecified atom stereocenters. The molecule has 2 aromatic rings. The van der Waals surface area contributed by atoms with Crippen LogP contribution in [0.15, 0.2) is 58.8 Å². The summed E-state index contributed by atoms with van der Waals surface area (Å²) in [5, 5.41) is 17.0. The molecule has 0 spiro atoms. The van der Waals surface area contributed by atoms with E-state index < -0.39 is 0 Å². The van der Waals surface area contributed by atoms with Gasteiger partial charge in [-0.15, -0.1) is 0 Å². The zero-order chi connectivity index (χ0) is 17.4. The number of nitrogens with zero attached hydrogens (tertiary/aromatic N) is 3. The minimum Gasteiger partial charge on any atom is -0.461 e. The van der Waals surface area contributed by atoms with Gasteiger partial charge in [0.05, 0.1) is 28.9 Å². The van der Waals surface area contributed by atoms with E-state index in [0.29, 0.717) is 16.9 Å². The normalized spacial score (nSPS) is 11.9. The fourth-order valence-corrected chi connectivity index (χ4v) is 1.84.